The fraction of sp³-hybridized carbons (Fsp3) is 0.444. The van der Waals surface area contributed by atoms with Crippen LogP contribution in [0.15, 0.2) is 29.6 Å². The van der Waals surface area contributed by atoms with Crippen LogP contribution in [0.1, 0.15) is 54.5 Å². The van der Waals surface area contributed by atoms with Crippen molar-refractivity contribution in [3.05, 3.63) is 45.9 Å². The third kappa shape index (κ3) is 3.87. The predicted molar refractivity (Wildman–Crippen MR) is 95.5 cm³/mol. The lowest BCUT2D eigenvalue weighted by atomic mass is 10.0. The molecule has 2 atom stereocenters. The van der Waals surface area contributed by atoms with Crippen molar-refractivity contribution in [3.8, 4) is 5.75 Å². The Balaban J connectivity index is 1.68. The Bertz CT molecular complexity index is 701. The van der Waals surface area contributed by atoms with Crippen LogP contribution in [0.5, 0.6) is 5.75 Å². The number of amides is 2. The van der Waals surface area contributed by atoms with Gasteiger partial charge < -0.3 is 15.4 Å². The highest BCUT2D eigenvalue weighted by Gasteiger charge is 2.23. The van der Waals surface area contributed by atoms with E-state index in [1.165, 1.54) is 0 Å². The highest BCUT2D eigenvalue weighted by molar-refractivity contribution is 7.09. The summed E-state index contributed by atoms with van der Waals surface area (Å²) in [5.41, 5.74) is 2.04. The number of benzene rings is 1. The number of hydrogen-bond acceptors (Lipinski definition) is 4. The van der Waals surface area contributed by atoms with Crippen LogP contribution in [0.3, 0.4) is 0 Å². The number of carbonyl (C=O) groups excluding carboxylic acids is 1. The summed E-state index contributed by atoms with van der Waals surface area (Å²) in [4.78, 5) is 17.0. The van der Waals surface area contributed by atoms with Crippen LogP contribution in [0, 0.1) is 6.92 Å². The largest absolute Gasteiger partial charge is 0.493 e. The van der Waals surface area contributed by atoms with Crippen molar-refractivity contribution in [2.24, 2.45) is 0 Å². The minimum atomic E-state index is -0.156. The molecule has 0 unspecified atom stereocenters. The predicted octanol–water partition coefficient (Wildman–Crippen LogP) is 4.12. The van der Waals surface area contributed by atoms with Gasteiger partial charge in [0.25, 0.3) is 0 Å². The number of thiazole rings is 1. The maximum absolute atomic E-state index is 12.5. The molecule has 3 rings (SSSR count). The first kappa shape index (κ1) is 16.8. The number of carbonyl (C=O) groups is 1. The summed E-state index contributed by atoms with van der Waals surface area (Å²) in [5.74, 6) is 0.864. The molecule has 5 nitrogen and oxygen atoms in total. The van der Waals surface area contributed by atoms with Crippen molar-refractivity contribution < 1.29 is 9.53 Å². The van der Waals surface area contributed by atoms with E-state index in [4.69, 9.17) is 4.74 Å². The average molecular weight is 345 g/mol. The maximum atomic E-state index is 12.5. The molecule has 1 aromatic heterocycles. The Labute approximate surface area is 146 Å². The first-order valence-corrected chi connectivity index (χ1v) is 9.26. The zero-order chi connectivity index (χ0) is 16.9. The van der Waals surface area contributed by atoms with E-state index < -0.39 is 0 Å². The smallest absolute Gasteiger partial charge is 0.315 e. The standard InChI is InChI=1S/C18H23N3O2S/c1-3-14(17-19-12(2)11-24-17)20-18(22)21-15-8-6-10-23-16-9-5-4-7-13(15)16/h4-5,7,9,11,14-15H,3,6,8,10H2,1-2H3,(H2,20,21,22)/t14-,15+/m0/s1. The van der Waals surface area contributed by atoms with Crippen LogP contribution in [0.25, 0.3) is 0 Å². The summed E-state index contributed by atoms with van der Waals surface area (Å²) < 4.78 is 5.75. The molecule has 2 amide bonds. The van der Waals surface area contributed by atoms with E-state index in [0.717, 1.165) is 41.3 Å². The normalized spacial score (nSPS) is 18.0. The van der Waals surface area contributed by atoms with Crippen LogP contribution in [0.4, 0.5) is 4.79 Å². The highest BCUT2D eigenvalue weighted by atomic mass is 32.1. The molecule has 1 aromatic carbocycles. The van der Waals surface area contributed by atoms with Crippen molar-refractivity contribution in [1.82, 2.24) is 15.6 Å². The lowest BCUT2D eigenvalue weighted by molar-refractivity contribution is 0.232. The molecule has 6 heteroatoms. The summed E-state index contributed by atoms with van der Waals surface area (Å²) in [6, 6.07) is 7.68. The van der Waals surface area contributed by atoms with E-state index >= 15 is 0 Å². The second kappa shape index (κ2) is 7.66. The van der Waals surface area contributed by atoms with Gasteiger partial charge in [0.05, 0.1) is 18.7 Å². The van der Waals surface area contributed by atoms with Crippen molar-refractivity contribution in [3.63, 3.8) is 0 Å². The van der Waals surface area contributed by atoms with Crippen LogP contribution in [-0.4, -0.2) is 17.6 Å². The molecule has 0 radical (unpaired) electrons. The van der Waals surface area contributed by atoms with Gasteiger partial charge in [-0.1, -0.05) is 25.1 Å². The number of ether oxygens (including phenoxy) is 1. The highest BCUT2D eigenvalue weighted by Crippen LogP contribution is 2.31. The zero-order valence-corrected chi connectivity index (χ0v) is 14.9. The Kier molecular flexibility index (Phi) is 5.35. The van der Waals surface area contributed by atoms with E-state index in [2.05, 4.69) is 22.5 Å². The summed E-state index contributed by atoms with van der Waals surface area (Å²) in [7, 11) is 0. The molecule has 1 aliphatic rings. The monoisotopic (exact) mass is 345 g/mol. The van der Waals surface area contributed by atoms with Gasteiger partial charge in [-0.3, -0.25) is 0 Å². The SMILES string of the molecule is CC[C@H](NC(=O)N[C@@H]1CCCOc2ccccc21)c1nc(C)cs1. The number of urea groups is 1. The molecule has 128 valence electrons. The molecule has 1 aliphatic heterocycles. The number of nitrogens with zero attached hydrogens (tertiary/aromatic N) is 1. The van der Waals surface area contributed by atoms with E-state index in [1.807, 2.05) is 36.6 Å². The van der Waals surface area contributed by atoms with Gasteiger partial charge in [-0.2, -0.15) is 0 Å². The number of rotatable bonds is 4. The summed E-state index contributed by atoms with van der Waals surface area (Å²) in [5, 5.41) is 9.12. The van der Waals surface area contributed by atoms with Gasteiger partial charge in [0.15, 0.2) is 0 Å². The fourth-order valence-corrected chi connectivity index (χ4v) is 3.83. The molecular weight excluding hydrogens is 322 g/mol. The number of fused-ring (bicyclic) bond motifs is 1. The summed E-state index contributed by atoms with van der Waals surface area (Å²) >= 11 is 1.59. The molecule has 0 bridgehead atoms. The lowest BCUT2D eigenvalue weighted by Crippen LogP contribution is -2.39. The number of aryl methyl sites for hydroxylation is 1. The van der Waals surface area contributed by atoms with E-state index in [0.29, 0.717) is 6.61 Å². The quantitative estimate of drug-likeness (QED) is 0.876. The molecule has 0 aliphatic carbocycles. The first-order chi connectivity index (χ1) is 11.7. The second-order valence-electron chi connectivity index (χ2n) is 5.99. The Morgan fingerprint density at radius 1 is 1.46 bits per heavy atom. The number of para-hydroxylation sites is 1. The van der Waals surface area contributed by atoms with Crippen molar-refractivity contribution in [2.75, 3.05) is 6.61 Å². The molecule has 0 saturated carbocycles. The average Bonchev–Trinajstić information content (AvgIpc) is 2.91. The van der Waals surface area contributed by atoms with Crippen LogP contribution >= 0.6 is 11.3 Å². The topological polar surface area (TPSA) is 63.2 Å². The first-order valence-electron chi connectivity index (χ1n) is 8.38. The third-order valence-electron chi connectivity index (χ3n) is 4.14. The Morgan fingerprint density at radius 3 is 3.04 bits per heavy atom. The van der Waals surface area contributed by atoms with Gasteiger partial charge in [0.1, 0.15) is 10.8 Å². The zero-order valence-electron chi connectivity index (χ0n) is 14.0. The maximum Gasteiger partial charge on any atom is 0.315 e. The van der Waals surface area contributed by atoms with E-state index in [-0.39, 0.29) is 18.1 Å². The van der Waals surface area contributed by atoms with Crippen LogP contribution < -0.4 is 15.4 Å². The van der Waals surface area contributed by atoms with E-state index in [9.17, 15) is 4.79 Å². The summed E-state index contributed by atoms with van der Waals surface area (Å²) in [6.45, 7) is 4.71. The molecule has 0 spiro atoms. The van der Waals surface area contributed by atoms with Crippen LogP contribution in [0.2, 0.25) is 0 Å². The lowest BCUT2D eigenvalue weighted by Gasteiger charge is -2.21. The van der Waals surface area contributed by atoms with Crippen molar-refractivity contribution in [2.45, 2.75) is 45.2 Å². The Morgan fingerprint density at radius 2 is 2.29 bits per heavy atom. The van der Waals surface area contributed by atoms with Gasteiger partial charge in [0.2, 0.25) is 0 Å². The van der Waals surface area contributed by atoms with Gasteiger partial charge in [-0.25, -0.2) is 9.78 Å². The minimum Gasteiger partial charge on any atom is -0.493 e. The van der Waals surface area contributed by atoms with Gasteiger partial charge in [-0.15, -0.1) is 11.3 Å². The third-order valence-corrected chi connectivity index (χ3v) is 5.22. The molecule has 2 heterocycles. The number of aromatic nitrogens is 1. The molecule has 2 N–H and O–H groups in total. The molecule has 24 heavy (non-hydrogen) atoms. The van der Waals surface area contributed by atoms with E-state index in [1.54, 1.807) is 11.3 Å². The molecule has 0 fully saturated rings. The van der Waals surface area contributed by atoms with Crippen molar-refractivity contribution >= 4 is 17.4 Å². The van der Waals surface area contributed by atoms with Crippen molar-refractivity contribution in [1.29, 1.82) is 0 Å². The van der Waals surface area contributed by atoms with Gasteiger partial charge in [-0.05, 0) is 32.3 Å². The molecular formula is C18H23N3O2S. The summed E-state index contributed by atoms with van der Waals surface area (Å²) in [6.07, 6.45) is 2.60. The Hall–Kier alpha value is -2.08. The number of nitrogens with one attached hydrogen (secondary N) is 2. The van der Waals surface area contributed by atoms with Gasteiger partial charge >= 0.3 is 6.03 Å². The minimum absolute atomic E-state index is 0.0285. The fourth-order valence-electron chi connectivity index (χ4n) is 2.90. The van der Waals surface area contributed by atoms with Gasteiger partial charge in [0, 0.05) is 16.6 Å². The molecule has 2 aromatic rings. The van der Waals surface area contributed by atoms with Crippen LogP contribution in [-0.2, 0) is 0 Å². The number of hydrogen-bond donors (Lipinski definition) is 2. The molecule has 0 saturated heterocycles. The second-order valence-corrected chi connectivity index (χ2v) is 6.88.